The van der Waals surface area contributed by atoms with Gasteiger partial charge in [-0.2, -0.15) is 0 Å². The van der Waals surface area contributed by atoms with Gasteiger partial charge in [0, 0.05) is 37.7 Å². The van der Waals surface area contributed by atoms with E-state index in [9.17, 15) is 0 Å². The number of anilines is 1. The summed E-state index contributed by atoms with van der Waals surface area (Å²) in [6.45, 7) is 5.37. The number of guanidine groups is 1. The summed E-state index contributed by atoms with van der Waals surface area (Å²) in [5.41, 5.74) is 2.18. The number of benzene rings is 1. The molecule has 24 heavy (non-hydrogen) atoms. The fourth-order valence-corrected chi connectivity index (χ4v) is 3.02. The first-order valence-electron chi connectivity index (χ1n) is 8.94. The fraction of sp³-hybridized carbons (Fsp3) is 0.400. The number of rotatable bonds is 5. The highest BCUT2D eigenvalue weighted by Crippen LogP contribution is 2.22. The van der Waals surface area contributed by atoms with Crippen LogP contribution in [0.15, 0.2) is 59.9 Å². The number of unbranched alkanes of at least 4 members (excludes halogenated alkanes) is 1. The minimum Gasteiger partial charge on any atom is -0.342 e. The molecule has 0 saturated carbocycles. The number of pyridine rings is 1. The molecule has 1 aliphatic rings. The van der Waals surface area contributed by atoms with Crippen LogP contribution in [-0.4, -0.2) is 35.5 Å². The van der Waals surface area contributed by atoms with E-state index < -0.39 is 0 Å². The highest BCUT2D eigenvalue weighted by molar-refractivity contribution is 5.97. The lowest BCUT2D eigenvalue weighted by Gasteiger charge is -2.32. The first-order valence-corrected chi connectivity index (χ1v) is 8.94. The van der Waals surface area contributed by atoms with E-state index in [4.69, 9.17) is 4.99 Å². The van der Waals surface area contributed by atoms with Crippen molar-refractivity contribution in [3.63, 3.8) is 0 Å². The zero-order valence-corrected chi connectivity index (χ0v) is 14.4. The SMILES string of the molecule is CCCCN(C(=Nc1ccccc1)N1CCCC1)c1ccncc1. The van der Waals surface area contributed by atoms with E-state index in [1.807, 2.05) is 30.6 Å². The van der Waals surface area contributed by atoms with Crippen LogP contribution < -0.4 is 4.90 Å². The first kappa shape index (κ1) is 16.5. The van der Waals surface area contributed by atoms with E-state index in [-0.39, 0.29) is 0 Å². The Bertz CT molecular complexity index is 633. The monoisotopic (exact) mass is 322 g/mol. The van der Waals surface area contributed by atoms with Crippen molar-refractivity contribution in [2.45, 2.75) is 32.6 Å². The number of aliphatic imine (C=N–C) groups is 1. The van der Waals surface area contributed by atoms with Gasteiger partial charge in [0.2, 0.25) is 5.96 Å². The van der Waals surface area contributed by atoms with Gasteiger partial charge in [-0.05, 0) is 43.5 Å². The normalized spacial score (nSPS) is 14.9. The minimum absolute atomic E-state index is 0.975. The smallest absolute Gasteiger partial charge is 0.206 e. The quantitative estimate of drug-likeness (QED) is 0.601. The molecule has 1 aliphatic heterocycles. The molecule has 0 radical (unpaired) electrons. The fourth-order valence-electron chi connectivity index (χ4n) is 3.02. The number of likely N-dealkylation sites (tertiary alicyclic amines) is 1. The summed E-state index contributed by atoms with van der Waals surface area (Å²) >= 11 is 0. The number of para-hydroxylation sites is 1. The highest BCUT2D eigenvalue weighted by atomic mass is 15.4. The molecule has 0 atom stereocenters. The minimum atomic E-state index is 0.975. The zero-order valence-electron chi connectivity index (χ0n) is 14.4. The molecule has 1 aromatic carbocycles. The summed E-state index contributed by atoms with van der Waals surface area (Å²) in [6, 6.07) is 14.4. The lowest BCUT2D eigenvalue weighted by atomic mass is 10.2. The maximum Gasteiger partial charge on any atom is 0.206 e. The molecule has 0 aliphatic carbocycles. The van der Waals surface area contributed by atoms with Gasteiger partial charge in [-0.3, -0.25) is 4.98 Å². The van der Waals surface area contributed by atoms with Gasteiger partial charge in [-0.25, -0.2) is 4.99 Å². The van der Waals surface area contributed by atoms with Gasteiger partial charge in [-0.15, -0.1) is 0 Å². The molecule has 0 spiro atoms. The largest absolute Gasteiger partial charge is 0.342 e. The van der Waals surface area contributed by atoms with E-state index >= 15 is 0 Å². The second-order valence-corrected chi connectivity index (χ2v) is 6.15. The van der Waals surface area contributed by atoms with Gasteiger partial charge >= 0.3 is 0 Å². The van der Waals surface area contributed by atoms with E-state index in [0.717, 1.165) is 37.7 Å². The summed E-state index contributed by atoms with van der Waals surface area (Å²) in [4.78, 5) is 14.0. The van der Waals surface area contributed by atoms with Crippen molar-refractivity contribution >= 4 is 17.3 Å². The van der Waals surface area contributed by atoms with Crippen LogP contribution in [0.25, 0.3) is 0 Å². The van der Waals surface area contributed by atoms with E-state index in [2.05, 4.69) is 46.0 Å². The van der Waals surface area contributed by atoms with Crippen LogP contribution in [0.4, 0.5) is 11.4 Å². The average Bonchev–Trinajstić information content (AvgIpc) is 3.17. The van der Waals surface area contributed by atoms with Crippen LogP contribution in [0, 0.1) is 0 Å². The number of aromatic nitrogens is 1. The summed E-state index contributed by atoms with van der Waals surface area (Å²) in [5.74, 6) is 1.07. The molecular formula is C20H26N4. The van der Waals surface area contributed by atoms with Gasteiger partial charge in [0.25, 0.3) is 0 Å². The Kier molecular flexibility index (Phi) is 5.83. The Morgan fingerprint density at radius 1 is 1.08 bits per heavy atom. The van der Waals surface area contributed by atoms with Gasteiger partial charge < -0.3 is 9.80 Å². The highest BCUT2D eigenvalue weighted by Gasteiger charge is 2.23. The van der Waals surface area contributed by atoms with Gasteiger partial charge in [-0.1, -0.05) is 31.5 Å². The molecule has 2 heterocycles. The van der Waals surface area contributed by atoms with Gasteiger partial charge in [0.1, 0.15) is 0 Å². The van der Waals surface area contributed by atoms with Crippen LogP contribution in [0.5, 0.6) is 0 Å². The summed E-state index contributed by atoms with van der Waals surface area (Å²) < 4.78 is 0. The molecule has 2 aromatic rings. The van der Waals surface area contributed by atoms with Crippen molar-refractivity contribution in [2.24, 2.45) is 4.99 Å². The second kappa shape index (κ2) is 8.48. The van der Waals surface area contributed by atoms with E-state index in [1.165, 1.54) is 24.9 Å². The third kappa shape index (κ3) is 4.13. The molecule has 1 saturated heterocycles. The third-order valence-electron chi connectivity index (χ3n) is 4.33. The summed E-state index contributed by atoms with van der Waals surface area (Å²) in [5, 5.41) is 0. The molecule has 4 heteroatoms. The molecule has 0 unspecified atom stereocenters. The first-order chi connectivity index (χ1) is 11.9. The predicted molar refractivity (Wildman–Crippen MR) is 101 cm³/mol. The van der Waals surface area contributed by atoms with E-state index in [0.29, 0.717) is 0 Å². The number of nitrogens with zero attached hydrogens (tertiary/aromatic N) is 4. The van der Waals surface area contributed by atoms with Gasteiger partial charge in [0.15, 0.2) is 0 Å². The maximum atomic E-state index is 5.02. The topological polar surface area (TPSA) is 31.7 Å². The van der Waals surface area contributed by atoms with Crippen molar-refractivity contribution in [3.05, 3.63) is 54.9 Å². The third-order valence-corrected chi connectivity index (χ3v) is 4.33. The van der Waals surface area contributed by atoms with Crippen molar-refractivity contribution < 1.29 is 0 Å². The zero-order chi connectivity index (χ0) is 16.6. The molecule has 1 fully saturated rings. The molecule has 3 rings (SSSR count). The van der Waals surface area contributed by atoms with Gasteiger partial charge in [0.05, 0.1) is 5.69 Å². The van der Waals surface area contributed by atoms with E-state index in [1.54, 1.807) is 0 Å². The molecule has 0 bridgehead atoms. The molecule has 0 N–H and O–H groups in total. The lowest BCUT2D eigenvalue weighted by Crippen LogP contribution is -2.43. The van der Waals surface area contributed by atoms with Crippen LogP contribution in [0.2, 0.25) is 0 Å². The molecule has 126 valence electrons. The Balaban J connectivity index is 1.98. The van der Waals surface area contributed by atoms with Crippen molar-refractivity contribution in [3.8, 4) is 0 Å². The molecular weight excluding hydrogens is 296 g/mol. The Labute approximate surface area is 144 Å². The number of hydrogen-bond acceptors (Lipinski definition) is 2. The Hall–Kier alpha value is -2.36. The average molecular weight is 322 g/mol. The van der Waals surface area contributed by atoms with Crippen LogP contribution in [-0.2, 0) is 0 Å². The maximum absolute atomic E-state index is 5.02. The van der Waals surface area contributed by atoms with Crippen LogP contribution >= 0.6 is 0 Å². The predicted octanol–water partition coefficient (Wildman–Crippen LogP) is 4.47. The van der Waals surface area contributed by atoms with Crippen LogP contribution in [0.1, 0.15) is 32.6 Å². The summed E-state index contributed by atoms with van der Waals surface area (Å²) in [6.07, 6.45) is 8.51. The van der Waals surface area contributed by atoms with Crippen molar-refractivity contribution in [1.82, 2.24) is 9.88 Å². The Morgan fingerprint density at radius 2 is 1.79 bits per heavy atom. The summed E-state index contributed by atoms with van der Waals surface area (Å²) in [7, 11) is 0. The standard InChI is InChI=1S/C20H26N4/c1-2-3-17-24(19-11-13-21-14-12-19)20(23-15-7-8-16-23)22-18-9-5-4-6-10-18/h4-6,9-14H,2-3,7-8,15-17H2,1H3. The lowest BCUT2D eigenvalue weighted by molar-refractivity contribution is 0.505. The van der Waals surface area contributed by atoms with Crippen molar-refractivity contribution in [1.29, 1.82) is 0 Å². The molecule has 0 amide bonds. The number of hydrogen-bond donors (Lipinski definition) is 0. The van der Waals surface area contributed by atoms with Crippen molar-refractivity contribution in [2.75, 3.05) is 24.5 Å². The second-order valence-electron chi connectivity index (χ2n) is 6.15. The van der Waals surface area contributed by atoms with Crippen LogP contribution in [0.3, 0.4) is 0 Å². The Morgan fingerprint density at radius 3 is 2.46 bits per heavy atom. The molecule has 4 nitrogen and oxygen atoms in total. The molecule has 1 aromatic heterocycles.